The second-order valence-corrected chi connectivity index (χ2v) is 2.06. The highest BCUT2D eigenvalue weighted by Gasteiger charge is 1.86. The topological polar surface area (TPSA) is 15.8 Å². The molecule has 0 aliphatic heterocycles. The van der Waals surface area contributed by atoms with Crippen molar-refractivity contribution in [1.29, 1.82) is 0 Å². The van der Waals surface area contributed by atoms with E-state index in [1.165, 1.54) is 10.9 Å². The van der Waals surface area contributed by atoms with Gasteiger partial charge in [-0.25, -0.2) is 0 Å². The van der Waals surface area contributed by atoms with Crippen LogP contribution in [0.3, 0.4) is 0 Å². The van der Waals surface area contributed by atoms with Gasteiger partial charge in [-0.15, -0.1) is 0 Å². The molecule has 0 saturated heterocycles. The number of fused-ring (bicyclic) bond motifs is 1. The van der Waals surface area contributed by atoms with Crippen molar-refractivity contribution >= 4 is 10.9 Å². The van der Waals surface area contributed by atoms with Crippen molar-refractivity contribution in [3.05, 3.63) is 36.5 Å². The highest BCUT2D eigenvalue weighted by atomic mass is 15.1. The monoisotopic (exact) mass is 125 g/mol. The zero-order valence-corrected chi connectivity index (χ0v) is 4.96. The SMILES string of the molecule is [13cH]1[13cH][13cH][13c]2[nH][13cH][13cH][13c]2[13cH]1. The first-order chi connectivity index (χ1) is 4.47. The van der Waals surface area contributed by atoms with E-state index < -0.39 is 0 Å². The third-order valence-corrected chi connectivity index (χ3v) is 1.46. The maximum atomic E-state index is 3.12. The van der Waals surface area contributed by atoms with Gasteiger partial charge in [0.1, 0.15) is 0 Å². The van der Waals surface area contributed by atoms with Gasteiger partial charge < -0.3 is 4.98 Å². The van der Waals surface area contributed by atoms with Gasteiger partial charge in [0.25, 0.3) is 0 Å². The van der Waals surface area contributed by atoms with Crippen LogP contribution in [-0.2, 0) is 0 Å². The number of hydrogen-bond acceptors (Lipinski definition) is 0. The molecule has 0 aliphatic carbocycles. The summed E-state index contributed by atoms with van der Waals surface area (Å²) in [5.74, 6) is 0. The van der Waals surface area contributed by atoms with Gasteiger partial charge in [0.15, 0.2) is 0 Å². The van der Waals surface area contributed by atoms with E-state index in [-0.39, 0.29) is 0 Å². The summed E-state index contributed by atoms with van der Waals surface area (Å²) in [6.45, 7) is 0. The molecule has 0 unspecified atom stereocenters. The van der Waals surface area contributed by atoms with Crippen LogP contribution in [0.15, 0.2) is 36.5 Å². The lowest BCUT2D eigenvalue weighted by Gasteiger charge is -1.83. The molecule has 2 rings (SSSR count). The number of para-hydroxylation sites is 1. The Balaban J connectivity index is 2.95. The molecule has 2 aromatic rings. The van der Waals surface area contributed by atoms with Gasteiger partial charge in [-0.05, 0) is 17.5 Å². The molecule has 0 aliphatic rings. The molecule has 0 amide bonds. The molecule has 44 valence electrons. The average Bonchev–Trinajstić information content (AvgIpc) is 2.33. The summed E-state index contributed by atoms with van der Waals surface area (Å²) in [4.78, 5) is 3.12. The molecule has 0 bridgehead atoms. The van der Waals surface area contributed by atoms with E-state index >= 15 is 0 Å². The molecule has 1 aromatic heterocycles. The van der Waals surface area contributed by atoms with E-state index in [1.54, 1.807) is 0 Å². The Labute approximate surface area is 53.3 Å². The predicted octanol–water partition coefficient (Wildman–Crippen LogP) is 2.17. The Morgan fingerprint density at radius 3 is 2.78 bits per heavy atom. The van der Waals surface area contributed by atoms with E-state index in [4.69, 9.17) is 0 Å². The van der Waals surface area contributed by atoms with Crippen molar-refractivity contribution in [3.63, 3.8) is 0 Å². The summed E-state index contributed by atoms with van der Waals surface area (Å²) in [5.41, 5.74) is 1.21. The van der Waals surface area contributed by atoms with Crippen molar-refractivity contribution < 1.29 is 0 Å². The van der Waals surface area contributed by atoms with Gasteiger partial charge in [0.2, 0.25) is 0 Å². The minimum absolute atomic E-state index is 1.21. The Bertz CT molecular complexity index is 279. The second kappa shape index (κ2) is 1.62. The van der Waals surface area contributed by atoms with Gasteiger partial charge in [-0.2, -0.15) is 0 Å². The molecule has 0 spiro atoms. The predicted molar refractivity (Wildman–Crippen MR) is 38.3 cm³/mol. The molecule has 0 atom stereocenters. The molecule has 1 heterocycles. The van der Waals surface area contributed by atoms with Crippen molar-refractivity contribution in [1.82, 2.24) is 4.98 Å². The first-order valence-corrected chi connectivity index (χ1v) is 2.99. The average molecular weight is 125 g/mol. The molecule has 0 saturated carbocycles. The molecule has 1 heteroatoms. The number of hydrogen-bond donors (Lipinski definition) is 1. The summed E-state index contributed by atoms with van der Waals surface area (Å²) in [5, 5.41) is 1.28. The van der Waals surface area contributed by atoms with E-state index in [9.17, 15) is 0 Å². The summed E-state index contributed by atoms with van der Waals surface area (Å²) < 4.78 is 0. The quantitative estimate of drug-likeness (QED) is 0.555. The van der Waals surface area contributed by atoms with Gasteiger partial charge >= 0.3 is 0 Å². The minimum atomic E-state index is 1.21. The molecular weight excluding hydrogens is 118 g/mol. The normalized spacial score (nSPS) is 10.2. The third-order valence-electron chi connectivity index (χ3n) is 1.46. The minimum Gasteiger partial charge on any atom is -0.361 e. The van der Waals surface area contributed by atoms with Crippen LogP contribution in [0.2, 0.25) is 0 Å². The smallest absolute Gasteiger partial charge is 0.0453 e. The summed E-state index contributed by atoms with van der Waals surface area (Å²) in [6.07, 6.45) is 1.95. The van der Waals surface area contributed by atoms with Crippen LogP contribution in [-0.4, -0.2) is 4.98 Å². The number of nitrogens with one attached hydrogen (secondary N) is 1. The zero-order valence-electron chi connectivity index (χ0n) is 4.96. The lowest BCUT2D eigenvalue weighted by Crippen LogP contribution is -1.61. The van der Waals surface area contributed by atoms with Gasteiger partial charge in [0.05, 0.1) is 0 Å². The van der Waals surface area contributed by atoms with Crippen molar-refractivity contribution in [3.8, 4) is 0 Å². The first kappa shape index (κ1) is 4.62. The molecule has 0 fully saturated rings. The summed E-state index contributed by atoms with van der Waals surface area (Å²) in [6, 6.07) is 10.3. The van der Waals surface area contributed by atoms with E-state index in [0.29, 0.717) is 0 Å². The molecule has 9 heavy (non-hydrogen) atoms. The Kier molecular flexibility index (Phi) is 0.833. The van der Waals surface area contributed by atoms with Crippen LogP contribution in [0.25, 0.3) is 10.9 Å². The van der Waals surface area contributed by atoms with E-state index in [2.05, 4.69) is 23.2 Å². The maximum Gasteiger partial charge on any atom is 0.0453 e. The highest BCUT2D eigenvalue weighted by molar-refractivity contribution is 5.78. The van der Waals surface area contributed by atoms with Crippen LogP contribution in [0.1, 0.15) is 0 Å². The van der Waals surface area contributed by atoms with Crippen LogP contribution in [0.4, 0.5) is 0 Å². The van der Waals surface area contributed by atoms with Crippen molar-refractivity contribution in [2.24, 2.45) is 0 Å². The van der Waals surface area contributed by atoms with Crippen LogP contribution >= 0.6 is 0 Å². The highest BCUT2D eigenvalue weighted by Crippen LogP contribution is 2.09. The summed E-state index contributed by atoms with van der Waals surface area (Å²) in [7, 11) is 0. The standard InChI is InChI=1S/C8H7N/c1-2-4-8-7(3-1)5-6-9-8/h1-6,9H/i1+1,2+1,3+1,4+1,5+1,6+1,7+1,8+1. The molecule has 1 nitrogen and oxygen atoms in total. The Morgan fingerprint density at radius 1 is 1.00 bits per heavy atom. The lowest BCUT2D eigenvalue weighted by molar-refractivity contribution is 1.48. The van der Waals surface area contributed by atoms with Gasteiger partial charge in [0, 0.05) is 11.7 Å². The Morgan fingerprint density at radius 2 is 1.89 bits per heavy atom. The molecule has 1 N–H and O–H groups in total. The molecule has 1 aromatic carbocycles. The number of rotatable bonds is 0. The van der Waals surface area contributed by atoms with Crippen LogP contribution < -0.4 is 0 Å². The van der Waals surface area contributed by atoms with Crippen molar-refractivity contribution in [2.75, 3.05) is 0 Å². The van der Waals surface area contributed by atoms with E-state index in [0.717, 1.165) is 0 Å². The van der Waals surface area contributed by atoms with E-state index in [1.807, 2.05) is 18.3 Å². The van der Waals surface area contributed by atoms with Gasteiger partial charge in [-0.1, -0.05) is 18.2 Å². The Hall–Kier alpha value is -1.24. The fourth-order valence-corrected chi connectivity index (χ4v) is 0.995. The number of benzene rings is 1. The van der Waals surface area contributed by atoms with Gasteiger partial charge in [-0.3, -0.25) is 0 Å². The third kappa shape index (κ3) is 0.617. The number of aromatic amines is 1. The number of aromatic nitrogens is 1. The van der Waals surface area contributed by atoms with Crippen molar-refractivity contribution in [2.45, 2.75) is 0 Å². The molecular formula is C8H7N. The van der Waals surface area contributed by atoms with Crippen LogP contribution in [0, 0.1) is 0 Å². The maximum absolute atomic E-state index is 3.12. The second-order valence-electron chi connectivity index (χ2n) is 2.06. The molecule has 0 radical (unpaired) electrons. The summed E-state index contributed by atoms with van der Waals surface area (Å²) >= 11 is 0. The number of H-pyrrole nitrogens is 1. The zero-order chi connectivity index (χ0) is 6.10. The fourth-order valence-electron chi connectivity index (χ4n) is 0.995. The fraction of sp³-hybridized carbons (Fsp3) is 0. The van der Waals surface area contributed by atoms with Crippen LogP contribution in [0.5, 0.6) is 0 Å². The first-order valence-electron chi connectivity index (χ1n) is 2.99. The largest absolute Gasteiger partial charge is 0.361 e. The lowest BCUT2D eigenvalue weighted by atomic mass is 11.2.